The van der Waals surface area contributed by atoms with Gasteiger partial charge in [-0.2, -0.15) is 0 Å². The summed E-state index contributed by atoms with van der Waals surface area (Å²) in [4.78, 5) is 0. The van der Waals surface area contributed by atoms with E-state index in [1.165, 1.54) is 6.26 Å². The molecule has 1 N–H and O–H groups in total. The van der Waals surface area contributed by atoms with Gasteiger partial charge in [0.1, 0.15) is 0 Å². The molecule has 0 amide bonds. The fourth-order valence-electron chi connectivity index (χ4n) is 2.80. The second-order valence-electron chi connectivity index (χ2n) is 5.35. The fraction of sp³-hybridized carbons (Fsp3) is 0.571. The van der Waals surface area contributed by atoms with Crippen LogP contribution < -0.4 is 5.32 Å². The molecule has 0 aromatic heterocycles. The van der Waals surface area contributed by atoms with Gasteiger partial charge < -0.3 is 5.32 Å². The molecule has 1 fully saturated rings. The molecule has 1 aromatic carbocycles. The van der Waals surface area contributed by atoms with Crippen molar-refractivity contribution >= 4 is 21.4 Å². The second kappa shape index (κ2) is 5.81. The molecule has 2 rings (SSSR count). The Labute approximate surface area is 120 Å². The average Bonchev–Trinajstić information content (AvgIpc) is 2.77. The topological polar surface area (TPSA) is 46.2 Å². The summed E-state index contributed by atoms with van der Waals surface area (Å²) in [6, 6.07) is 7.86. The number of benzene rings is 1. The molecule has 1 saturated carbocycles. The van der Waals surface area contributed by atoms with Gasteiger partial charge in [0, 0.05) is 23.4 Å². The van der Waals surface area contributed by atoms with Crippen LogP contribution in [0, 0.1) is 0 Å². The zero-order chi connectivity index (χ0) is 14.0. The third-order valence-corrected chi connectivity index (χ3v) is 5.75. The van der Waals surface area contributed by atoms with Crippen LogP contribution in [-0.2, 0) is 9.84 Å². The molecule has 2 unspecified atom stereocenters. The summed E-state index contributed by atoms with van der Waals surface area (Å²) in [6.45, 7) is 2.06. The summed E-state index contributed by atoms with van der Waals surface area (Å²) in [7, 11) is -2.97. The molecule has 1 aromatic rings. The number of hydrogen-bond donors (Lipinski definition) is 1. The van der Waals surface area contributed by atoms with Crippen LogP contribution in [0.1, 0.15) is 37.8 Å². The van der Waals surface area contributed by atoms with Crippen molar-refractivity contribution in [1.29, 1.82) is 0 Å². The summed E-state index contributed by atoms with van der Waals surface area (Å²) in [5, 5.41) is 3.91. The summed E-state index contributed by atoms with van der Waals surface area (Å²) in [6.07, 6.45) is 4.01. The summed E-state index contributed by atoms with van der Waals surface area (Å²) < 4.78 is 23.5. The van der Waals surface area contributed by atoms with Crippen LogP contribution in [0.2, 0.25) is 5.02 Å². The first kappa shape index (κ1) is 14.8. The van der Waals surface area contributed by atoms with Crippen molar-refractivity contribution in [3.05, 3.63) is 34.9 Å². The molecule has 3 nitrogen and oxygen atoms in total. The Morgan fingerprint density at radius 1 is 1.26 bits per heavy atom. The largest absolute Gasteiger partial charge is 0.306 e. The van der Waals surface area contributed by atoms with Crippen molar-refractivity contribution < 1.29 is 8.42 Å². The van der Waals surface area contributed by atoms with Crippen LogP contribution in [0.5, 0.6) is 0 Å². The van der Waals surface area contributed by atoms with Crippen molar-refractivity contribution in [3.63, 3.8) is 0 Å². The average molecular weight is 302 g/mol. The molecule has 1 aliphatic carbocycles. The minimum Gasteiger partial charge on any atom is -0.306 e. The van der Waals surface area contributed by atoms with Crippen LogP contribution in [0.15, 0.2) is 24.3 Å². The van der Waals surface area contributed by atoms with Crippen molar-refractivity contribution in [2.45, 2.75) is 43.5 Å². The first-order valence-electron chi connectivity index (χ1n) is 6.58. The molecule has 0 spiro atoms. The molecule has 19 heavy (non-hydrogen) atoms. The van der Waals surface area contributed by atoms with E-state index in [1.807, 2.05) is 24.3 Å². The van der Waals surface area contributed by atoms with E-state index in [0.717, 1.165) is 24.8 Å². The third kappa shape index (κ3) is 3.71. The molecule has 0 saturated heterocycles. The number of hydrogen-bond acceptors (Lipinski definition) is 3. The molecule has 0 aliphatic heterocycles. The Hall–Kier alpha value is -0.580. The van der Waals surface area contributed by atoms with Gasteiger partial charge >= 0.3 is 0 Å². The van der Waals surface area contributed by atoms with Crippen molar-refractivity contribution in [2.24, 2.45) is 0 Å². The molecular formula is C14H20ClNO2S. The fourth-order valence-corrected chi connectivity index (χ4v) is 4.33. The molecule has 0 radical (unpaired) electrons. The maximum atomic E-state index is 11.7. The normalized spacial score (nSPS) is 25.4. The number of sulfone groups is 1. The van der Waals surface area contributed by atoms with E-state index in [-0.39, 0.29) is 17.3 Å². The maximum Gasteiger partial charge on any atom is 0.151 e. The van der Waals surface area contributed by atoms with E-state index in [0.29, 0.717) is 5.02 Å². The lowest BCUT2D eigenvalue weighted by Crippen LogP contribution is -2.41. The van der Waals surface area contributed by atoms with Crippen molar-refractivity contribution in [2.75, 3.05) is 6.26 Å². The van der Waals surface area contributed by atoms with Gasteiger partial charge in [0.05, 0.1) is 5.25 Å². The molecule has 0 bridgehead atoms. The summed E-state index contributed by atoms with van der Waals surface area (Å²) in [5.74, 6) is 0. The van der Waals surface area contributed by atoms with Gasteiger partial charge in [-0.3, -0.25) is 0 Å². The van der Waals surface area contributed by atoms with E-state index >= 15 is 0 Å². The zero-order valence-electron chi connectivity index (χ0n) is 11.3. The maximum absolute atomic E-state index is 11.7. The van der Waals surface area contributed by atoms with Gasteiger partial charge in [-0.05, 0) is 37.5 Å². The smallest absolute Gasteiger partial charge is 0.151 e. The van der Waals surface area contributed by atoms with Gasteiger partial charge in [0.2, 0.25) is 0 Å². The number of halogens is 1. The predicted molar refractivity (Wildman–Crippen MR) is 79.3 cm³/mol. The summed E-state index contributed by atoms with van der Waals surface area (Å²) >= 11 is 5.87. The first-order valence-corrected chi connectivity index (χ1v) is 8.91. The highest BCUT2D eigenvalue weighted by atomic mass is 35.5. The van der Waals surface area contributed by atoms with Gasteiger partial charge in [-0.1, -0.05) is 30.2 Å². The van der Waals surface area contributed by atoms with Crippen LogP contribution >= 0.6 is 11.6 Å². The van der Waals surface area contributed by atoms with E-state index in [2.05, 4.69) is 12.2 Å². The minimum atomic E-state index is -2.97. The number of nitrogens with one attached hydrogen (secondary N) is 1. The van der Waals surface area contributed by atoms with Crippen molar-refractivity contribution in [1.82, 2.24) is 5.32 Å². The molecular weight excluding hydrogens is 282 g/mol. The SMILES string of the molecule is C[C@@H](NC1CCCC1S(C)(=O)=O)c1ccc(Cl)cc1. The van der Waals surface area contributed by atoms with Crippen molar-refractivity contribution in [3.8, 4) is 0 Å². The monoisotopic (exact) mass is 301 g/mol. The predicted octanol–water partition coefficient (Wildman–Crippen LogP) is 2.96. The minimum absolute atomic E-state index is 0.0562. The quantitative estimate of drug-likeness (QED) is 0.930. The standard InChI is InChI=1S/C14H20ClNO2S/c1-10(11-6-8-12(15)9-7-11)16-13-4-3-5-14(13)19(2,17)18/h6-10,13-14,16H,3-5H2,1-2H3/t10-,13?,14?/m1/s1. The zero-order valence-corrected chi connectivity index (χ0v) is 12.8. The molecule has 1 aliphatic rings. The van der Waals surface area contributed by atoms with E-state index in [1.54, 1.807) is 0 Å². The van der Waals surface area contributed by atoms with Gasteiger partial charge in [0.15, 0.2) is 9.84 Å². The Morgan fingerprint density at radius 3 is 2.47 bits per heavy atom. The van der Waals surface area contributed by atoms with Gasteiger partial charge in [0.25, 0.3) is 0 Å². The van der Waals surface area contributed by atoms with Crippen LogP contribution in [0.4, 0.5) is 0 Å². The van der Waals surface area contributed by atoms with Gasteiger partial charge in [-0.25, -0.2) is 8.42 Å². The molecule has 106 valence electrons. The Morgan fingerprint density at radius 2 is 1.89 bits per heavy atom. The highest BCUT2D eigenvalue weighted by Gasteiger charge is 2.35. The summed E-state index contributed by atoms with van der Waals surface area (Å²) in [5.41, 5.74) is 1.13. The van der Waals surface area contributed by atoms with E-state index in [4.69, 9.17) is 11.6 Å². The molecule has 5 heteroatoms. The highest BCUT2D eigenvalue weighted by Crippen LogP contribution is 2.27. The third-order valence-electron chi connectivity index (χ3n) is 3.84. The van der Waals surface area contributed by atoms with Gasteiger partial charge in [-0.15, -0.1) is 0 Å². The molecule has 0 heterocycles. The molecule has 3 atom stereocenters. The Kier molecular flexibility index (Phi) is 4.54. The Balaban J connectivity index is 2.06. The lowest BCUT2D eigenvalue weighted by atomic mass is 10.1. The highest BCUT2D eigenvalue weighted by molar-refractivity contribution is 7.91. The lowest BCUT2D eigenvalue weighted by Gasteiger charge is -2.24. The number of rotatable bonds is 4. The Bertz CT molecular complexity index is 527. The second-order valence-corrected chi connectivity index (χ2v) is 8.05. The van der Waals surface area contributed by atoms with E-state index < -0.39 is 9.84 Å². The lowest BCUT2D eigenvalue weighted by molar-refractivity contribution is 0.456. The van der Waals surface area contributed by atoms with Crippen LogP contribution in [0.25, 0.3) is 0 Å². The van der Waals surface area contributed by atoms with Crippen LogP contribution in [-0.4, -0.2) is 26.0 Å². The van der Waals surface area contributed by atoms with E-state index in [9.17, 15) is 8.42 Å². The van der Waals surface area contributed by atoms with Crippen LogP contribution in [0.3, 0.4) is 0 Å². The first-order chi connectivity index (χ1) is 8.88.